The second-order valence-electron chi connectivity index (χ2n) is 4.33. The maximum atomic E-state index is 4.32. The zero-order chi connectivity index (χ0) is 13.8. The van der Waals surface area contributed by atoms with Crippen molar-refractivity contribution in [2.24, 2.45) is 0 Å². The zero-order valence-corrected chi connectivity index (χ0v) is 11.1. The highest BCUT2D eigenvalue weighted by molar-refractivity contribution is 5.62. The standard InChI is InChI=1S/C15H15N5/c1-16-12-4-2-5-13(8-12)20-15-18-9-11(10-19-15)14-6-3-7-17-14/h2-10,16-17H,1H3,(H,18,19,20). The Balaban J connectivity index is 1.78. The van der Waals surface area contributed by atoms with Crippen molar-refractivity contribution in [2.75, 3.05) is 17.7 Å². The molecule has 0 spiro atoms. The van der Waals surface area contributed by atoms with Crippen LogP contribution in [0.4, 0.5) is 17.3 Å². The van der Waals surface area contributed by atoms with Crippen molar-refractivity contribution in [3.8, 4) is 11.3 Å². The minimum absolute atomic E-state index is 0.577. The van der Waals surface area contributed by atoms with E-state index in [4.69, 9.17) is 0 Å². The highest BCUT2D eigenvalue weighted by atomic mass is 15.1. The molecular formula is C15H15N5. The second kappa shape index (κ2) is 5.44. The molecule has 2 aromatic heterocycles. The van der Waals surface area contributed by atoms with E-state index in [-0.39, 0.29) is 0 Å². The lowest BCUT2D eigenvalue weighted by atomic mass is 10.2. The second-order valence-corrected chi connectivity index (χ2v) is 4.33. The van der Waals surface area contributed by atoms with E-state index in [0.29, 0.717) is 5.95 Å². The van der Waals surface area contributed by atoms with Gasteiger partial charge in [-0.2, -0.15) is 0 Å². The third-order valence-electron chi connectivity index (χ3n) is 2.97. The molecule has 0 saturated heterocycles. The van der Waals surface area contributed by atoms with Gasteiger partial charge in [-0.25, -0.2) is 9.97 Å². The van der Waals surface area contributed by atoms with Gasteiger partial charge in [-0.3, -0.25) is 0 Å². The van der Waals surface area contributed by atoms with E-state index in [1.807, 2.05) is 49.6 Å². The van der Waals surface area contributed by atoms with E-state index < -0.39 is 0 Å². The van der Waals surface area contributed by atoms with Gasteiger partial charge in [-0.1, -0.05) is 6.07 Å². The van der Waals surface area contributed by atoms with Crippen LogP contribution >= 0.6 is 0 Å². The van der Waals surface area contributed by atoms with Crippen molar-refractivity contribution >= 4 is 17.3 Å². The smallest absolute Gasteiger partial charge is 0.227 e. The fourth-order valence-electron chi connectivity index (χ4n) is 1.92. The maximum absolute atomic E-state index is 4.32. The molecule has 0 aliphatic carbocycles. The van der Waals surface area contributed by atoms with Crippen LogP contribution in [0.3, 0.4) is 0 Å². The fraction of sp³-hybridized carbons (Fsp3) is 0.0667. The predicted molar refractivity (Wildman–Crippen MR) is 81.1 cm³/mol. The zero-order valence-electron chi connectivity index (χ0n) is 11.1. The average molecular weight is 265 g/mol. The van der Waals surface area contributed by atoms with E-state index in [0.717, 1.165) is 22.6 Å². The molecule has 100 valence electrons. The lowest BCUT2D eigenvalue weighted by Gasteiger charge is -2.07. The number of aromatic amines is 1. The molecule has 0 bridgehead atoms. The molecule has 1 aromatic carbocycles. The Morgan fingerprint density at radius 3 is 2.50 bits per heavy atom. The number of rotatable bonds is 4. The fourth-order valence-corrected chi connectivity index (χ4v) is 1.92. The van der Waals surface area contributed by atoms with Crippen molar-refractivity contribution in [1.29, 1.82) is 0 Å². The molecule has 0 aliphatic rings. The molecule has 3 rings (SSSR count). The third kappa shape index (κ3) is 2.61. The molecule has 0 atom stereocenters. The monoisotopic (exact) mass is 265 g/mol. The Morgan fingerprint density at radius 2 is 1.80 bits per heavy atom. The minimum atomic E-state index is 0.577. The van der Waals surface area contributed by atoms with Gasteiger partial charge in [0.1, 0.15) is 0 Å². The van der Waals surface area contributed by atoms with Crippen molar-refractivity contribution in [1.82, 2.24) is 15.0 Å². The van der Waals surface area contributed by atoms with Crippen LogP contribution in [-0.2, 0) is 0 Å². The Kier molecular flexibility index (Phi) is 3.33. The van der Waals surface area contributed by atoms with Crippen LogP contribution in [0.1, 0.15) is 0 Å². The molecule has 2 heterocycles. The number of nitrogens with one attached hydrogen (secondary N) is 3. The summed E-state index contributed by atoms with van der Waals surface area (Å²) in [6.45, 7) is 0. The quantitative estimate of drug-likeness (QED) is 0.677. The molecule has 0 fully saturated rings. The van der Waals surface area contributed by atoms with Crippen molar-refractivity contribution in [3.63, 3.8) is 0 Å². The lowest BCUT2D eigenvalue weighted by molar-refractivity contribution is 1.16. The summed E-state index contributed by atoms with van der Waals surface area (Å²) in [5.74, 6) is 0.577. The van der Waals surface area contributed by atoms with Gasteiger partial charge >= 0.3 is 0 Å². The largest absolute Gasteiger partial charge is 0.388 e. The Morgan fingerprint density at radius 1 is 1.00 bits per heavy atom. The van der Waals surface area contributed by atoms with Gasteiger partial charge < -0.3 is 15.6 Å². The first kappa shape index (κ1) is 12.2. The van der Waals surface area contributed by atoms with Crippen LogP contribution in [0.15, 0.2) is 55.0 Å². The first-order valence-electron chi connectivity index (χ1n) is 6.36. The van der Waals surface area contributed by atoms with Gasteiger partial charge in [-0.15, -0.1) is 0 Å². The Bertz CT molecular complexity index is 674. The van der Waals surface area contributed by atoms with Crippen LogP contribution in [0.2, 0.25) is 0 Å². The van der Waals surface area contributed by atoms with E-state index in [2.05, 4.69) is 25.6 Å². The van der Waals surface area contributed by atoms with Gasteiger partial charge in [-0.05, 0) is 30.3 Å². The normalized spacial score (nSPS) is 10.2. The minimum Gasteiger partial charge on any atom is -0.388 e. The van der Waals surface area contributed by atoms with Crippen molar-refractivity contribution < 1.29 is 0 Å². The molecule has 3 N–H and O–H groups in total. The summed E-state index contributed by atoms with van der Waals surface area (Å²) in [6, 6.07) is 11.9. The van der Waals surface area contributed by atoms with Crippen LogP contribution in [0, 0.1) is 0 Å². The Hall–Kier alpha value is -2.82. The Labute approximate surface area is 117 Å². The molecule has 0 unspecified atom stereocenters. The van der Waals surface area contributed by atoms with Gasteiger partial charge in [0.2, 0.25) is 5.95 Å². The molecule has 0 radical (unpaired) electrons. The van der Waals surface area contributed by atoms with Crippen LogP contribution < -0.4 is 10.6 Å². The van der Waals surface area contributed by atoms with Crippen LogP contribution in [-0.4, -0.2) is 22.0 Å². The van der Waals surface area contributed by atoms with Gasteiger partial charge in [0.05, 0.1) is 0 Å². The number of H-pyrrole nitrogens is 1. The molecule has 20 heavy (non-hydrogen) atoms. The summed E-state index contributed by atoms with van der Waals surface area (Å²) in [5.41, 5.74) is 3.96. The summed E-state index contributed by atoms with van der Waals surface area (Å²) in [4.78, 5) is 11.8. The summed E-state index contributed by atoms with van der Waals surface area (Å²) in [7, 11) is 1.89. The molecule has 0 aliphatic heterocycles. The highest BCUT2D eigenvalue weighted by Gasteiger charge is 2.01. The number of nitrogens with zero attached hydrogens (tertiary/aromatic N) is 2. The first-order chi connectivity index (χ1) is 9.85. The lowest BCUT2D eigenvalue weighted by Crippen LogP contribution is -1.97. The van der Waals surface area contributed by atoms with E-state index in [9.17, 15) is 0 Å². The third-order valence-corrected chi connectivity index (χ3v) is 2.97. The van der Waals surface area contributed by atoms with Crippen molar-refractivity contribution in [2.45, 2.75) is 0 Å². The number of anilines is 3. The molecule has 5 nitrogen and oxygen atoms in total. The molecule has 0 amide bonds. The molecule has 0 saturated carbocycles. The summed E-state index contributed by atoms with van der Waals surface area (Å²) >= 11 is 0. The number of hydrogen-bond acceptors (Lipinski definition) is 4. The number of hydrogen-bond donors (Lipinski definition) is 3. The van der Waals surface area contributed by atoms with Crippen LogP contribution in [0.5, 0.6) is 0 Å². The van der Waals surface area contributed by atoms with Crippen LogP contribution in [0.25, 0.3) is 11.3 Å². The molecular weight excluding hydrogens is 250 g/mol. The highest BCUT2D eigenvalue weighted by Crippen LogP contribution is 2.19. The predicted octanol–water partition coefficient (Wildman–Crippen LogP) is 3.26. The number of benzene rings is 1. The first-order valence-corrected chi connectivity index (χ1v) is 6.36. The SMILES string of the molecule is CNc1cccc(Nc2ncc(-c3ccc[nH]3)cn2)c1. The van der Waals surface area contributed by atoms with E-state index in [1.165, 1.54) is 0 Å². The van der Waals surface area contributed by atoms with Gasteiger partial charge in [0, 0.05) is 48.3 Å². The van der Waals surface area contributed by atoms with E-state index >= 15 is 0 Å². The molecule has 5 heteroatoms. The summed E-state index contributed by atoms with van der Waals surface area (Å²) in [5, 5.41) is 6.27. The van der Waals surface area contributed by atoms with E-state index in [1.54, 1.807) is 12.4 Å². The number of aromatic nitrogens is 3. The van der Waals surface area contributed by atoms with Crippen molar-refractivity contribution in [3.05, 3.63) is 55.0 Å². The average Bonchev–Trinajstić information content (AvgIpc) is 3.02. The maximum Gasteiger partial charge on any atom is 0.227 e. The van der Waals surface area contributed by atoms with Gasteiger partial charge in [0.25, 0.3) is 0 Å². The summed E-state index contributed by atoms with van der Waals surface area (Å²) in [6.07, 6.45) is 5.47. The molecule has 3 aromatic rings. The summed E-state index contributed by atoms with van der Waals surface area (Å²) < 4.78 is 0. The topological polar surface area (TPSA) is 65.6 Å². The van der Waals surface area contributed by atoms with Gasteiger partial charge in [0.15, 0.2) is 0 Å².